The van der Waals surface area contributed by atoms with E-state index in [1.807, 2.05) is 18.2 Å². The van der Waals surface area contributed by atoms with Crippen LogP contribution in [0.25, 0.3) is 0 Å². The smallest absolute Gasteiger partial charge is 0.213 e. The van der Waals surface area contributed by atoms with Gasteiger partial charge in [0.05, 0.1) is 19.0 Å². The Morgan fingerprint density at radius 1 is 1.39 bits per heavy atom. The van der Waals surface area contributed by atoms with Gasteiger partial charge in [-0.05, 0) is 49.9 Å². The SMILES string of the molecule is COc1cccc(C(C)N2CC[C@H](Cc3ccncc3F)C2)n1. The van der Waals surface area contributed by atoms with Crippen molar-refractivity contribution in [2.75, 3.05) is 20.2 Å². The molecule has 1 fully saturated rings. The molecule has 23 heavy (non-hydrogen) atoms. The predicted molar refractivity (Wildman–Crippen MR) is 86.8 cm³/mol. The fourth-order valence-electron chi connectivity index (χ4n) is 3.23. The second-order valence-corrected chi connectivity index (χ2v) is 6.10. The van der Waals surface area contributed by atoms with Crippen molar-refractivity contribution >= 4 is 0 Å². The molecule has 0 aliphatic carbocycles. The number of nitrogens with zero attached hydrogens (tertiary/aromatic N) is 3. The number of rotatable bonds is 5. The molecule has 1 unspecified atom stereocenters. The summed E-state index contributed by atoms with van der Waals surface area (Å²) in [6, 6.07) is 7.87. The van der Waals surface area contributed by atoms with Crippen LogP contribution in [-0.2, 0) is 6.42 Å². The minimum Gasteiger partial charge on any atom is -0.481 e. The highest BCUT2D eigenvalue weighted by Crippen LogP contribution is 2.29. The quantitative estimate of drug-likeness (QED) is 0.849. The van der Waals surface area contributed by atoms with E-state index in [0.717, 1.165) is 37.2 Å². The lowest BCUT2D eigenvalue weighted by Gasteiger charge is -2.24. The van der Waals surface area contributed by atoms with Gasteiger partial charge in [-0.15, -0.1) is 0 Å². The molecule has 2 atom stereocenters. The van der Waals surface area contributed by atoms with Gasteiger partial charge in [0, 0.05) is 24.8 Å². The number of hydrogen-bond acceptors (Lipinski definition) is 4. The zero-order valence-corrected chi connectivity index (χ0v) is 13.6. The molecule has 0 bridgehead atoms. The number of methoxy groups -OCH3 is 1. The molecule has 4 nitrogen and oxygen atoms in total. The second-order valence-electron chi connectivity index (χ2n) is 6.10. The Hall–Kier alpha value is -2.01. The molecule has 5 heteroatoms. The van der Waals surface area contributed by atoms with Gasteiger partial charge in [-0.25, -0.2) is 9.37 Å². The van der Waals surface area contributed by atoms with Crippen molar-refractivity contribution in [3.05, 3.63) is 53.7 Å². The molecule has 0 aromatic carbocycles. The molecule has 122 valence electrons. The van der Waals surface area contributed by atoms with Gasteiger partial charge < -0.3 is 4.74 Å². The summed E-state index contributed by atoms with van der Waals surface area (Å²) in [6.45, 7) is 4.14. The van der Waals surface area contributed by atoms with Crippen LogP contribution in [0.15, 0.2) is 36.7 Å². The topological polar surface area (TPSA) is 38.2 Å². The highest BCUT2D eigenvalue weighted by atomic mass is 19.1. The Morgan fingerprint density at radius 2 is 2.26 bits per heavy atom. The lowest BCUT2D eigenvalue weighted by atomic mass is 9.99. The summed E-state index contributed by atoms with van der Waals surface area (Å²) in [7, 11) is 1.63. The Bertz CT molecular complexity index is 664. The molecule has 0 N–H and O–H groups in total. The van der Waals surface area contributed by atoms with Gasteiger partial charge in [0.15, 0.2) is 0 Å². The van der Waals surface area contributed by atoms with Gasteiger partial charge in [-0.2, -0.15) is 0 Å². The molecule has 1 aliphatic rings. The normalized spacial score (nSPS) is 19.7. The maximum Gasteiger partial charge on any atom is 0.213 e. The Morgan fingerprint density at radius 3 is 3.04 bits per heavy atom. The third-order valence-electron chi connectivity index (χ3n) is 4.61. The van der Waals surface area contributed by atoms with Crippen LogP contribution in [0.3, 0.4) is 0 Å². The highest BCUT2D eigenvalue weighted by Gasteiger charge is 2.28. The van der Waals surface area contributed by atoms with Crippen LogP contribution in [0.2, 0.25) is 0 Å². The predicted octanol–water partition coefficient (Wildman–Crippen LogP) is 3.25. The summed E-state index contributed by atoms with van der Waals surface area (Å²) in [4.78, 5) is 10.7. The van der Waals surface area contributed by atoms with E-state index in [0.29, 0.717) is 11.8 Å². The molecule has 3 heterocycles. The largest absolute Gasteiger partial charge is 0.481 e. The van der Waals surface area contributed by atoms with Crippen molar-refractivity contribution in [2.45, 2.75) is 25.8 Å². The van der Waals surface area contributed by atoms with Crippen LogP contribution in [0, 0.1) is 11.7 Å². The van der Waals surface area contributed by atoms with Crippen molar-refractivity contribution in [1.29, 1.82) is 0 Å². The maximum atomic E-state index is 13.7. The number of aromatic nitrogens is 2. The number of ether oxygens (including phenoxy) is 1. The second kappa shape index (κ2) is 7.04. The zero-order valence-electron chi connectivity index (χ0n) is 13.6. The van der Waals surface area contributed by atoms with Crippen LogP contribution >= 0.6 is 0 Å². The molecule has 3 rings (SSSR count). The van der Waals surface area contributed by atoms with Gasteiger partial charge in [-0.1, -0.05) is 6.07 Å². The fraction of sp³-hybridized carbons (Fsp3) is 0.444. The lowest BCUT2D eigenvalue weighted by Crippen LogP contribution is -2.25. The molecule has 2 aromatic rings. The number of pyridine rings is 2. The summed E-state index contributed by atoms with van der Waals surface area (Å²) in [6.07, 6.45) is 4.80. The molecule has 1 aliphatic heterocycles. The van der Waals surface area contributed by atoms with E-state index < -0.39 is 0 Å². The van der Waals surface area contributed by atoms with E-state index in [9.17, 15) is 4.39 Å². The average Bonchev–Trinajstić information content (AvgIpc) is 3.05. The molecular weight excluding hydrogens is 293 g/mol. The van der Waals surface area contributed by atoms with Crippen molar-refractivity contribution in [1.82, 2.24) is 14.9 Å². The van der Waals surface area contributed by atoms with Crippen molar-refractivity contribution < 1.29 is 9.13 Å². The standard InChI is InChI=1S/C18H22FN3O/c1-13(17-4-3-5-18(21-17)23-2)22-9-7-14(12-22)10-15-6-8-20-11-16(15)19/h3-6,8,11,13-14H,7,9-10,12H2,1-2H3/t13?,14-/m1/s1. The van der Waals surface area contributed by atoms with Crippen molar-refractivity contribution in [3.8, 4) is 5.88 Å². The number of halogens is 1. The van der Waals surface area contributed by atoms with E-state index in [1.165, 1.54) is 6.20 Å². The first-order valence-electron chi connectivity index (χ1n) is 8.00. The molecule has 0 saturated carbocycles. The van der Waals surface area contributed by atoms with Gasteiger partial charge in [0.2, 0.25) is 5.88 Å². The fourth-order valence-corrected chi connectivity index (χ4v) is 3.23. The minimum absolute atomic E-state index is 0.200. The third kappa shape index (κ3) is 3.67. The number of likely N-dealkylation sites (tertiary alicyclic amines) is 1. The molecule has 1 saturated heterocycles. The first kappa shape index (κ1) is 15.9. The molecule has 0 spiro atoms. The maximum absolute atomic E-state index is 13.7. The van der Waals surface area contributed by atoms with E-state index in [4.69, 9.17) is 4.74 Å². The van der Waals surface area contributed by atoms with E-state index in [2.05, 4.69) is 21.8 Å². The average molecular weight is 315 g/mol. The zero-order chi connectivity index (χ0) is 16.2. The van der Waals surface area contributed by atoms with E-state index >= 15 is 0 Å². The van der Waals surface area contributed by atoms with E-state index in [-0.39, 0.29) is 11.9 Å². The minimum atomic E-state index is -0.200. The van der Waals surface area contributed by atoms with Crippen LogP contribution in [0.1, 0.15) is 30.6 Å². The lowest BCUT2D eigenvalue weighted by molar-refractivity contribution is 0.246. The molecule has 0 amide bonds. The third-order valence-corrected chi connectivity index (χ3v) is 4.61. The summed E-state index contributed by atoms with van der Waals surface area (Å²) in [5.41, 5.74) is 1.78. The number of hydrogen-bond donors (Lipinski definition) is 0. The van der Waals surface area contributed by atoms with Crippen LogP contribution in [0.4, 0.5) is 4.39 Å². The van der Waals surface area contributed by atoms with Crippen LogP contribution in [0.5, 0.6) is 5.88 Å². The molecular formula is C18H22FN3O. The first-order valence-corrected chi connectivity index (χ1v) is 8.00. The Labute approximate surface area is 136 Å². The van der Waals surface area contributed by atoms with Gasteiger partial charge >= 0.3 is 0 Å². The highest BCUT2D eigenvalue weighted by molar-refractivity contribution is 5.18. The molecule has 2 aromatic heterocycles. The summed E-state index contributed by atoms with van der Waals surface area (Å²) in [5, 5.41) is 0. The van der Waals surface area contributed by atoms with Gasteiger partial charge in [0.25, 0.3) is 0 Å². The van der Waals surface area contributed by atoms with Crippen molar-refractivity contribution in [2.24, 2.45) is 5.92 Å². The van der Waals surface area contributed by atoms with Crippen molar-refractivity contribution in [3.63, 3.8) is 0 Å². The van der Waals surface area contributed by atoms with Crippen LogP contribution in [-0.4, -0.2) is 35.1 Å². The monoisotopic (exact) mass is 315 g/mol. The summed E-state index contributed by atoms with van der Waals surface area (Å²) >= 11 is 0. The Kier molecular flexibility index (Phi) is 4.86. The Balaban J connectivity index is 1.64. The van der Waals surface area contributed by atoms with Gasteiger partial charge in [-0.3, -0.25) is 9.88 Å². The van der Waals surface area contributed by atoms with E-state index in [1.54, 1.807) is 19.4 Å². The van der Waals surface area contributed by atoms with Crippen LogP contribution < -0.4 is 4.74 Å². The summed E-state index contributed by atoms with van der Waals surface area (Å²) in [5.74, 6) is 0.914. The first-order chi connectivity index (χ1) is 11.2. The summed E-state index contributed by atoms with van der Waals surface area (Å²) < 4.78 is 19.0. The van der Waals surface area contributed by atoms with Gasteiger partial charge in [0.1, 0.15) is 5.82 Å². The molecule has 0 radical (unpaired) electrons.